The summed E-state index contributed by atoms with van der Waals surface area (Å²) in [5.41, 5.74) is 7.16. The van der Waals surface area contributed by atoms with Crippen molar-refractivity contribution in [3.05, 3.63) is 59.1 Å². The van der Waals surface area contributed by atoms with Crippen LogP contribution in [0.15, 0.2) is 40.8 Å². The molecule has 0 saturated carbocycles. The molecule has 2 aromatic rings. The van der Waals surface area contributed by atoms with Crippen molar-refractivity contribution in [1.29, 1.82) is 0 Å². The maximum atomic E-state index is 12.1. The maximum Gasteiger partial charge on any atom is 0.387 e. The van der Waals surface area contributed by atoms with E-state index in [-0.39, 0.29) is 11.7 Å². The number of rotatable bonds is 6. The third-order valence-electron chi connectivity index (χ3n) is 3.28. The molecule has 0 aliphatic rings. The van der Waals surface area contributed by atoms with E-state index in [4.69, 9.17) is 4.42 Å². The molecule has 24 heavy (non-hydrogen) atoms. The Kier molecular flexibility index (Phi) is 5.57. The van der Waals surface area contributed by atoms with Crippen molar-refractivity contribution in [2.75, 3.05) is 0 Å². The van der Waals surface area contributed by atoms with Crippen LogP contribution in [-0.4, -0.2) is 12.5 Å². The summed E-state index contributed by atoms with van der Waals surface area (Å²) in [7, 11) is 0. The second kappa shape index (κ2) is 7.63. The van der Waals surface area contributed by atoms with Crippen LogP contribution in [0.3, 0.4) is 0 Å². The van der Waals surface area contributed by atoms with Gasteiger partial charge in [-0.25, -0.2) is 0 Å². The number of carbonyl (C=O) groups excluding carboxylic acids is 1. The van der Waals surface area contributed by atoms with Gasteiger partial charge in [-0.15, -0.1) is 0 Å². The van der Waals surface area contributed by atoms with E-state index in [1.807, 2.05) is 0 Å². The van der Waals surface area contributed by atoms with Gasteiger partial charge < -0.3 is 9.15 Å². The van der Waals surface area contributed by atoms with E-state index in [9.17, 15) is 13.6 Å². The first kappa shape index (κ1) is 17.5. The van der Waals surface area contributed by atoms with E-state index in [0.717, 1.165) is 0 Å². The Morgan fingerprint density at radius 1 is 1.21 bits per heavy atom. The summed E-state index contributed by atoms with van der Waals surface area (Å²) in [5.74, 6) is 0.917. The Hall–Kier alpha value is -2.83. The van der Waals surface area contributed by atoms with E-state index in [2.05, 4.69) is 15.6 Å². The van der Waals surface area contributed by atoms with Crippen molar-refractivity contribution in [1.82, 2.24) is 10.9 Å². The average Bonchev–Trinajstić information content (AvgIpc) is 2.87. The van der Waals surface area contributed by atoms with E-state index >= 15 is 0 Å². The molecule has 2 rings (SSSR count). The number of halogens is 2. The highest BCUT2D eigenvalue weighted by molar-refractivity contribution is 5.95. The predicted molar refractivity (Wildman–Crippen MR) is 85.5 cm³/mol. The molecule has 2 N–H and O–H groups in total. The van der Waals surface area contributed by atoms with E-state index < -0.39 is 6.61 Å². The Labute approximate surface area is 138 Å². The number of amides is 1. The molecule has 0 aliphatic heterocycles. The van der Waals surface area contributed by atoms with Gasteiger partial charge in [0, 0.05) is 0 Å². The molecule has 5 nitrogen and oxygen atoms in total. The first-order valence-electron chi connectivity index (χ1n) is 7.25. The Bertz CT molecular complexity index is 737. The fourth-order valence-electron chi connectivity index (χ4n) is 2.17. The van der Waals surface area contributed by atoms with Gasteiger partial charge >= 0.3 is 6.61 Å². The normalized spacial score (nSPS) is 11.5. The predicted octanol–water partition coefficient (Wildman–Crippen LogP) is 3.79. The second-order valence-electron chi connectivity index (χ2n) is 5.01. The minimum Gasteiger partial charge on any atom is -0.466 e. The largest absolute Gasteiger partial charge is 0.466 e. The molecule has 1 heterocycles. The molecule has 0 bridgehead atoms. The number of benzene rings is 1. The van der Waals surface area contributed by atoms with Crippen molar-refractivity contribution in [2.45, 2.75) is 27.4 Å². The van der Waals surface area contributed by atoms with Crippen molar-refractivity contribution in [3.63, 3.8) is 0 Å². The molecular formula is C17H18F2N2O3. The van der Waals surface area contributed by atoms with Crippen molar-refractivity contribution in [3.8, 4) is 5.75 Å². The summed E-state index contributed by atoms with van der Waals surface area (Å²) in [6.07, 6.45) is 1.75. The SMILES string of the molecule is C/C=C(\NNC(=O)c1cc(C)oc1C)c1ccc(OC(F)F)cc1. The van der Waals surface area contributed by atoms with Crippen LogP contribution in [0.5, 0.6) is 5.75 Å². The second-order valence-corrected chi connectivity index (χ2v) is 5.01. The van der Waals surface area contributed by atoms with Crippen LogP contribution < -0.4 is 15.6 Å². The van der Waals surface area contributed by atoms with Crippen molar-refractivity contribution >= 4 is 11.6 Å². The minimum atomic E-state index is -2.86. The lowest BCUT2D eigenvalue weighted by Gasteiger charge is -2.13. The fraction of sp³-hybridized carbons (Fsp3) is 0.235. The maximum absolute atomic E-state index is 12.1. The zero-order valence-electron chi connectivity index (χ0n) is 13.5. The highest BCUT2D eigenvalue weighted by atomic mass is 19.3. The highest BCUT2D eigenvalue weighted by Gasteiger charge is 2.13. The van der Waals surface area contributed by atoms with Gasteiger partial charge in [-0.3, -0.25) is 15.6 Å². The monoisotopic (exact) mass is 336 g/mol. The molecule has 1 aromatic carbocycles. The summed E-state index contributed by atoms with van der Waals surface area (Å²) in [5, 5.41) is 0. The summed E-state index contributed by atoms with van der Waals surface area (Å²) < 4.78 is 33.9. The molecule has 0 saturated heterocycles. The zero-order valence-corrected chi connectivity index (χ0v) is 13.5. The van der Waals surface area contributed by atoms with Gasteiger partial charge in [0.15, 0.2) is 0 Å². The van der Waals surface area contributed by atoms with E-state index in [0.29, 0.717) is 28.3 Å². The standard InChI is InChI=1S/C17H18F2N2O3/c1-4-15(12-5-7-13(8-6-12)24-17(18)19)20-21-16(22)14-9-10(2)23-11(14)3/h4-9,17,20H,1-3H3,(H,21,22)/b15-4-. The minimum absolute atomic E-state index is 0.0673. The molecule has 0 atom stereocenters. The van der Waals surface area contributed by atoms with Crippen LogP contribution in [0.1, 0.15) is 34.4 Å². The lowest BCUT2D eigenvalue weighted by atomic mass is 10.1. The topological polar surface area (TPSA) is 63.5 Å². The number of hydrogen-bond acceptors (Lipinski definition) is 4. The van der Waals surface area contributed by atoms with Crippen molar-refractivity contribution < 1.29 is 22.7 Å². The number of carbonyl (C=O) groups is 1. The molecular weight excluding hydrogens is 318 g/mol. The molecule has 7 heteroatoms. The summed E-state index contributed by atoms with van der Waals surface area (Å²) in [4.78, 5) is 12.1. The lowest BCUT2D eigenvalue weighted by molar-refractivity contribution is -0.0498. The zero-order chi connectivity index (χ0) is 17.7. The molecule has 128 valence electrons. The van der Waals surface area contributed by atoms with Gasteiger partial charge in [-0.05, 0) is 56.7 Å². The van der Waals surface area contributed by atoms with Gasteiger partial charge in [-0.1, -0.05) is 6.08 Å². The molecule has 0 fully saturated rings. The summed E-state index contributed by atoms with van der Waals surface area (Å²) >= 11 is 0. The number of hydrogen-bond donors (Lipinski definition) is 2. The Morgan fingerprint density at radius 2 is 1.88 bits per heavy atom. The molecule has 0 aliphatic carbocycles. The molecule has 0 radical (unpaired) electrons. The van der Waals surface area contributed by atoms with Crippen LogP contribution in [0.25, 0.3) is 5.70 Å². The quantitative estimate of drug-likeness (QED) is 0.788. The third-order valence-corrected chi connectivity index (χ3v) is 3.28. The number of nitrogens with one attached hydrogen (secondary N) is 2. The van der Waals surface area contributed by atoms with Crippen LogP contribution in [0.2, 0.25) is 0 Å². The first-order chi connectivity index (χ1) is 11.4. The van der Waals surface area contributed by atoms with E-state index in [1.54, 1.807) is 45.0 Å². The number of aryl methyl sites for hydroxylation is 2. The average molecular weight is 336 g/mol. The van der Waals surface area contributed by atoms with Gasteiger partial charge in [-0.2, -0.15) is 8.78 Å². The molecule has 0 spiro atoms. The number of alkyl halides is 2. The highest BCUT2D eigenvalue weighted by Crippen LogP contribution is 2.19. The number of furan rings is 1. The lowest BCUT2D eigenvalue weighted by Crippen LogP contribution is -2.36. The smallest absolute Gasteiger partial charge is 0.387 e. The third kappa shape index (κ3) is 4.34. The summed E-state index contributed by atoms with van der Waals surface area (Å²) in [6.45, 7) is 2.39. The van der Waals surface area contributed by atoms with Crippen LogP contribution in [0, 0.1) is 13.8 Å². The van der Waals surface area contributed by atoms with Crippen LogP contribution >= 0.6 is 0 Å². The number of hydrazine groups is 1. The fourth-order valence-corrected chi connectivity index (χ4v) is 2.17. The van der Waals surface area contributed by atoms with Crippen LogP contribution in [-0.2, 0) is 0 Å². The Balaban J connectivity index is 2.02. The van der Waals surface area contributed by atoms with Gasteiger partial charge in [0.05, 0.1) is 11.3 Å². The molecule has 1 aromatic heterocycles. The summed E-state index contributed by atoms with van der Waals surface area (Å²) in [6, 6.07) is 7.73. The number of ether oxygens (including phenoxy) is 1. The van der Waals surface area contributed by atoms with Gasteiger partial charge in [0.1, 0.15) is 17.3 Å². The molecule has 1 amide bonds. The van der Waals surface area contributed by atoms with E-state index in [1.165, 1.54) is 12.1 Å². The molecule has 0 unspecified atom stereocenters. The van der Waals surface area contributed by atoms with Gasteiger partial charge in [0.2, 0.25) is 0 Å². The van der Waals surface area contributed by atoms with Crippen LogP contribution in [0.4, 0.5) is 8.78 Å². The number of allylic oxidation sites excluding steroid dienone is 1. The Morgan fingerprint density at radius 3 is 2.38 bits per heavy atom. The van der Waals surface area contributed by atoms with Crippen molar-refractivity contribution in [2.24, 2.45) is 0 Å². The first-order valence-corrected chi connectivity index (χ1v) is 7.25. The van der Waals surface area contributed by atoms with Gasteiger partial charge in [0.25, 0.3) is 5.91 Å².